The van der Waals surface area contributed by atoms with E-state index in [1.165, 1.54) is 0 Å². The largest absolute Gasteiger partial charge is 0.394 e. The van der Waals surface area contributed by atoms with Crippen LogP contribution in [0, 0.1) is 0 Å². The highest BCUT2D eigenvalue weighted by atomic mass is 79.9. The summed E-state index contributed by atoms with van der Waals surface area (Å²) in [6.45, 7) is -0.451. The minimum absolute atomic E-state index is 0.121. The lowest BCUT2D eigenvalue weighted by Gasteiger charge is -2.39. The van der Waals surface area contributed by atoms with E-state index in [9.17, 15) is 15.3 Å². The van der Waals surface area contributed by atoms with Crippen molar-refractivity contribution >= 4 is 15.9 Å². The molecule has 14 heavy (non-hydrogen) atoms. The van der Waals surface area contributed by atoms with Crippen LogP contribution in [0.15, 0.2) is 0 Å². The molecule has 5 atom stereocenters. The maximum Gasteiger partial charge on any atom is 0.187 e. The lowest BCUT2D eigenvalue weighted by molar-refractivity contribution is -0.295. The van der Waals surface area contributed by atoms with Crippen LogP contribution >= 0.6 is 15.9 Å². The molecule has 1 saturated heterocycles. The molecule has 1 aliphatic rings. The second kappa shape index (κ2) is 5.36. The molecule has 1 aliphatic heterocycles. The van der Waals surface area contributed by atoms with E-state index < -0.39 is 37.3 Å². The highest BCUT2D eigenvalue weighted by Crippen LogP contribution is 2.21. The van der Waals surface area contributed by atoms with Gasteiger partial charge in [-0.1, -0.05) is 15.9 Å². The quantitative estimate of drug-likeness (QED) is 0.451. The molecule has 0 spiro atoms. The average molecular weight is 273 g/mol. The first-order chi connectivity index (χ1) is 6.61. The third-order valence-electron chi connectivity index (χ3n) is 2.08. The fraction of sp³-hybridized carbons (Fsp3) is 1.00. The van der Waals surface area contributed by atoms with Gasteiger partial charge in [-0.25, -0.2) is 0 Å². The number of ether oxygens (including phenoxy) is 2. The number of rotatable bonds is 3. The fourth-order valence-corrected chi connectivity index (χ4v) is 1.53. The SMILES string of the molecule is OC[C@H]1OC(OCBr)[C@H](O)[C@@H](O)[C@@H]1O. The molecule has 4 N–H and O–H groups in total. The van der Waals surface area contributed by atoms with Gasteiger partial charge < -0.3 is 29.9 Å². The van der Waals surface area contributed by atoms with Crippen molar-refractivity contribution in [2.45, 2.75) is 30.7 Å². The Hall–Kier alpha value is 0.240. The van der Waals surface area contributed by atoms with Crippen LogP contribution in [0.4, 0.5) is 0 Å². The Labute approximate surface area is 89.2 Å². The first kappa shape index (κ1) is 12.3. The van der Waals surface area contributed by atoms with Gasteiger partial charge in [-0.2, -0.15) is 0 Å². The van der Waals surface area contributed by atoms with Crippen molar-refractivity contribution in [3.05, 3.63) is 0 Å². The fourth-order valence-electron chi connectivity index (χ4n) is 1.27. The van der Waals surface area contributed by atoms with Gasteiger partial charge in [0.15, 0.2) is 6.29 Å². The van der Waals surface area contributed by atoms with E-state index in [1.807, 2.05) is 0 Å². The van der Waals surface area contributed by atoms with Gasteiger partial charge in [0, 0.05) is 0 Å². The van der Waals surface area contributed by atoms with Crippen molar-refractivity contribution in [1.29, 1.82) is 0 Å². The van der Waals surface area contributed by atoms with E-state index in [1.54, 1.807) is 0 Å². The Morgan fingerprint density at radius 3 is 2.29 bits per heavy atom. The minimum Gasteiger partial charge on any atom is -0.394 e. The van der Waals surface area contributed by atoms with Crippen LogP contribution < -0.4 is 0 Å². The van der Waals surface area contributed by atoms with Crippen LogP contribution in [0.3, 0.4) is 0 Å². The van der Waals surface area contributed by atoms with E-state index >= 15 is 0 Å². The van der Waals surface area contributed by atoms with E-state index in [0.717, 1.165) is 0 Å². The lowest BCUT2D eigenvalue weighted by Crippen LogP contribution is -2.59. The van der Waals surface area contributed by atoms with Crippen molar-refractivity contribution in [3.8, 4) is 0 Å². The van der Waals surface area contributed by atoms with Crippen LogP contribution in [0.5, 0.6) is 0 Å². The second-order valence-corrected chi connectivity index (χ2v) is 3.43. The average Bonchev–Trinajstić information content (AvgIpc) is 2.19. The minimum atomic E-state index is -1.38. The number of aliphatic hydroxyl groups excluding tert-OH is 4. The highest BCUT2D eigenvalue weighted by Gasteiger charge is 2.43. The summed E-state index contributed by atoms with van der Waals surface area (Å²) in [6.07, 6.45) is -6.03. The van der Waals surface area contributed by atoms with Gasteiger partial charge in [-0.3, -0.25) is 0 Å². The van der Waals surface area contributed by atoms with Crippen LogP contribution in [-0.2, 0) is 9.47 Å². The Morgan fingerprint density at radius 2 is 1.79 bits per heavy atom. The van der Waals surface area contributed by atoms with Gasteiger partial charge in [0.2, 0.25) is 0 Å². The number of aliphatic hydroxyl groups is 4. The second-order valence-electron chi connectivity index (χ2n) is 2.97. The van der Waals surface area contributed by atoms with Crippen LogP contribution in [0.1, 0.15) is 0 Å². The summed E-state index contributed by atoms with van der Waals surface area (Å²) in [6, 6.07) is 0. The van der Waals surface area contributed by atoms with Gasteiger partial charge in [0.25, 0.3) is 0 Å². The Bertz CT molecular complexity index is 176. The summed E-state index contributed by atoms with van der Waals surface area (Å²) >= 11 is 2.97. The van der Waals surface area contributed by atoms with Crippen LogP contribution in [-0.4, -0.2) is 63.3 Å². The summed E-state index contributed by atoms with van der Waals surface area (Å²) in [7, 11) is 0. The molecule has 0 radical (unpaired) electrons. The van der Waals surface area contributed by atoms with Gasteiger partial charge >= 0.3 is 0 Å². The molecule has 7 heteroatoms. The van der Waals surface area contributed by atoms with Gasteiger partial charge in [0.1, 0.15) is 29.9 Å². The van der Waals surface area contributed by atoms with Crippen molar-refractivity contribution < 1.29 is 29.9 Å². The molecule has 1 rings (SSSR count). The molecule has 0 aliphatic carbocycles. The monoisotopic (exact) mass is 272 g/mol. The van der Waals surface area contributed by atoms with Crippen molar-refractivity contribution in [1.82, 2.24) is 0 Å². The van der Waals surface area contributed by atoms with Gasteiger partial charge in [-0.15, -0.1) is 0 Å². The van der Waals surface area contributed by atoms with Crippen molar-refractivity contribution in [2.24, 2.45) is 0 Å². The molecule has 1 fully saturated rings. The van der Waals surface area contributed by atoms with Gasteiger partial charge in [-0.05, 0) is 0 Å². The third kappa shape index (κ3) is 2.43. The molecule has 1 heterocycles. The normalized spacial score (nSPS) is 43.9. The third-order valence-corrected chi connectivity index (χ3v) is 2.34. The summed E-state index contributed by atoms with van der Waals surface area (Å²) in [4.78, 5) is 0. The Balaban J connectivity index is 2.63. The molecule has 0 aromatic rings. The molecular weight excluding hydrogens is 260 g/mol. The first-order valence-electron chi connectivity index (χ1n) is 4.10. The smallest absolute Gasteiger partial charge is 0.187 e. The Kier molecular flexibility index (Phi) is 4.71. The van der Waals surface area contributed by atoms with E-state index in [4.69, 9.17) is 14.6 Å². The van der Waals surface area contributed by atoms with Crippen molar-refractivity contribution in [2.75, 3.05) is 12.1 Å². The number of halogens is 1. The Morgan fingerprint density at radius 1 is 1.14 bits per heavy atom. The molecule has 0 aromatic heterocycles. The zero-order valence-electron chi connectivity index (χ0n) is 7.28. The standard InChI is InChI=1S/C7H13BrO6/c8-2-13-7-6(12)5(11)4(10)3(1-9)14-7/h3-7,9-12H,1-2H2/t3-,4-,5+,6-,7?/m1/s1. The maximum absolute atomic E-state index is 9.39. The molecule has 0 aromatic carbocycles. The summed E-state index contributed by atoms with van der Waals surface area (Å²) in [5.74, 6) is 0. The summed E-state index contributed by atoms with van der Waals surface area (Å²) in [5.41, 5.74) is 0.121. The maximum atomic E-state index is 9.39. The topological polar surface area (TPSA) is 99.4 Å². The van der Waals surface area contributed by atoms with E-state index in [-0.39, 0.29) is 5.52 Å². The molecule has 84 valence electrons. The molecule has 0 saturated carbocycles. The van der Waals surface area contributed by atoms with Crippen LogP contribution in [0.2, 0.25) is 0 Å². The van der Waals surface area contributed by atoms with E-state index in [2.05, 4.69) is 15.9 Å². The van der Waals surface area contributed by atoms with Crippen LogP contribution in [0.25, 0.3) is 0 Å². The summed E-state index contributed by atoms with van der Waals surface area (Å²) < 4.78 is 9.92. The lowest BCUT2D eigenvalue weighted by atomic mass is 9.99. The predicted molar refractivity (Wildman–Crippen MR) is 48.6 cm³/mol. The van der Waals surface area contributed by atoms with Crippen molar-refractivity contribution in [3.63, 3.8) is 0 Å². The molecular formula is C7H13BrO6. The molecule has 0 amide bonds. The zero-order chi connectivity index (χ0) is 10.7. The molecule has 6 nitrogen and oxygen atoms in total. The summed E-state index contributed by atoms with van der Waals surface area (Å²) in [5, 5.41) is 36.9. The van der Waals surface area contributed by atoms with E-state index in [0.29, 0.717) is 0 Å². The highest BCUT2D eigenvalue weighted by molar-refractivity contribution is 9.09. The number of hydrogen-bond donors (Lipinski definition) is 4. The number of hydrogen-bond acceptors (Lipinski definition) is 6. The molecule has 1 unspecified atom stereocenters. The number of alkyl halides is 1. The predicted octanol–water partition coefficient (Wildman–Crippen LogP) is -1.84. The zero-order valence-corrected chi connectivity index (χ0v) is 8.87. The first-order valence-corrected chi connectivity index (χ1v) is 5.22. The molecule has 0 bridgehead atoms. The van der Waals surface area contributed by atoms with Gasteiger partial charge in [0.05, 0.1) is 6.61 Å².